The molecule has 7 heteroatoms. The maximum absolute atomic E-state index is 12.6. The van der Waals surface area contributed by atoms with Crippen LogP contribution in [-0.4, -0.2) is 31.1 Å². The largest absolute Gasteiger partial charge is 0.493 e. The van der Waals surface area contributed by atoms with E-state index in [0.29, 0.717) is 11.3 Å². The summed E-state index contributed by atoms with van der Waals surface area (Å²) in [5.74, 6) is -0.410. The van der Waals surface area contributed by atoms with E-state index in [1.54, 1.807) is 29.7 Å². The van der Waals surface area contributed by atoms with Gasteiger partial charge >= 0.3 is 11.9 Å². The monoisotopic (exact) mass is 423 g/mol. The van der Waals surface area contributed by atoms with E-state index in [9.17, 15) is 9.59 Å². The molecule has 0 aliphatic rings. The molecular weight excluding hydrogens is 402 g/mol. The molecule has 2 aromatic carbocycles. The van der Waals surface area contributed by atoms with Gasteiger partial charge in [-0.15, -0.1) is 11.3 Å². The second-order valence-electron chi connectivity index (χ2n) is 6.24. The van der Waals surface area contributed by atoms with Gasteiger partial charge in [0, 0.05) is 17.0 Å². The lowest BCUT2D eigenvalue weighted by atomic mass is 10.1. The van der Waals surface area contributed by atoms with Crippen molar-refractivity contribution in [2.24, 2.45) is 0 Å². The van der Waals surface area contributed by atoms with Crippen LogP contribution in [0.5, 0.6) is 11.5 Å². The minimum atomic E-state index is -0.571. The molecule has 0 unspecified atom stereocenters. The number of carbonyl (C=O) groups is 2. The fraction of sp³-hybridized carbons (Fsp3) is 0.174. The van der Waals surface area contributed by atoms with E-state index >= 15 is 0 Å². The van der Waals surface area contributed by atoms with Gasteiger partial charge in [0.15, 0.2) is 17.2 Å². The van der Waals surface area contributed by atoms with Crippen molar-refractivity contribution in [1.29, 1.82) is 0 Å². The molecule has 0 spiro atoms. The zero-order chi connectivity index (χ0) is 21.5. The number of hydrogen-bond acceptors (Lipinski definition) is 7. The van der Waals surface area contributed by atoms with Gasteiger partial charge in [-0.2, -0.15) is 0 Å². The topological polar surface area (TPSA) is 74.7 Å². The molecule has 0 aliphatic heterocycles. The first kappa shape index (κ1) is 21.3. The first-order chi connectivity index (χ1) is 14.5. The van der Waals surface area contributed by atoms with Crippen molar-refractivity contribution in [3.8, 4) is 22.1 Å². The van der Waals surface area contributed by atoms with Gasteiger partial charge in [-0.25, -0.2) is 14.6 Å². The molecule has 0 saturated carbocycles. The van der Waals surface area contributed by atoms with Gasteiger partial charge in [0.1, 0.15) is 5.01 Å². The van der Waals surface area contributed by atoms with E-state index < -0.39 is 11.9 Å². The highest BCUT2D eigenvalue weighted by atomic mass is 32.1. The van der Waals surface area contributed by atoms with Crippen LogP contribution in [-0.2, 0) is 16.0 Å². The number of thiazole rings is 1. The van der Waals surface area contributed by atoms with E-state index in [2.05, 4.69) is 28.8 Å². The lowest BCUT2D eigenvalue weighted by Gasteiger charge is -2.09. The summed E-state index contributed by atoms with van der Waals surface area (Å²) in [7, 11) is 2.78. The first-order valence-electron chi connectivity index (χ1n) is 9.25. The standard InChI is InChI=1S/C23H21NO5S/c1-4-15-5-9-17(10-6-15)22-24-18(14-30-22)23(26)29-19-11-7-16(13-20(19)27-2)8-12-21(25)28-3/h5-14H,4H2,1-3H3/b12-8+. The van der Waals surface area contributed by atoms with Crippen molar-refractivity contribution < 1.29 is 23.8 Å². The average Bonchev–Trinajstić information content (AvgIpc) is 3.28. The molecule has 154 valence electrons. The molecule has 1 aromatic heterocycles. The van der Waals surface area contributed by atoms with Crippen molar-refractivity contribution in [1.82, 2.24) is 4.98 Å². The van der Waals surface area contributed by atoms with Crippen LogP contribution in [0.3, 0.4) is 0 Å². The minimum Gasteiger partial charge on any atom is -0.493 e. The molecule has 0 amide bonds. The number of aryl methyl sites for hydroxylation is 1. The van der Waals surface area contributed by atoms with E-state index in [1.807, 2.05) is 12.1 Å². The van der Waals surface area contributed by atoms with E-state index in [-0.39, 0.29) is 11.4 Å². The quantitative estimate of drug-likeness (QED) is 0.309. The van der Waals surface area contributed by atoms with Gasteiger partial charge in [0.05, 0.1) is 14.2 Å². The second kappa shape index (κ2) is 9.84. The molecule has 0 bridgehead atoms. The Kier molecular flexibility index (Phi) is 6.98. The predicted octanol–water partition coefficient (Wildman–Crippen LogP) is 4.79. The number of hydrogen-bond donors (Lipinski definition) is 0. The summed E-state index contributed by atoms with van der Waals surface area (Å²) < 4.78 is 15.3. The van der Waals surface area contributed by atoms with Crippen molar-refractivity contribution in [2.45, 2.75) is 13.3 Å². The Labute approximate surface area is 178 Å². The van der Waals surface area contributed by atoms with Crippen LogP contribution in [0, 0.1) is 0 Å². The first-order valence-corrected chi connectivity index (χ1v) is 10.1. The Morgan fingerprint density at radius 1 is 1.07 bits per heavy atom. The van der Waals surface area contributed by atoms with Crippen molar-refractivity contribution >= 4 is 29.4 Å². The highest BCUT2D eigenvalue weighted by Crippen LogP contribution is 2.30. The number of esters is 2. The van der Waals surface area contributed by atoms with Crippen molar-refractivity contribution in [3.63, 3.8) is 0 Å². The van der Waals surface area contributed by atoms with Crippen LogP contribution in [0.2, 0.25) is 0 Å². The lowest BCUT2D eigenvalue weighted by Crippen LogP contribution is -2.09. The SMILES string of the molecule is CCc1ccc(-c2nc(C(=O)Oc3ccc(/C=C/C(=O)OC)cc3OC)cs2)cc1. The lowest BCUT2D eigenvalue weighted by molar-refractivity contribution is -0.134. The van der Waals surface area contributed by atoms with Crippen LogP contribution < -0.4 is 9.47 Å². The summed E-state index contributed by atoms with van der Waals surface area (Å²) in [5, 5.41) is 2.42. The number of nitrogens with zero attached hydrogens (tertiary/aromatic N) is 1. The smallest absolute Gasteiger partial charge is 0.363 e. The minimum absolute atomic E-state index is 0.228. The van der Waals surface area contributed by atoms with Gasteiger partial charge in [-0.3, -0.25) is 0 Å². The molecule has 0 aliphatic carbocycles. The summed E-state index contributed by atoms with van der Waals surface area (Å²) in [6, 6.07) is 13.1. The molecule has 0 N–H and O–H groups in total. The summed E-state index contributed by atoms with van der Waals surface area (Å²) >= 11 is 1.38. The third-order valence-electron chi connectivity index (χ3n) is 4.33. The number of rotatable bonds is 7. The summed E-state index contributed by atoms with van der Waals surface area (Å²) in [4.78, 5) is 28.2. The van der Waals surface area contributed by atoms with E-state index in [4.69, 9.17) is 9.47 Å². The Balaban J connectivity index is 1.74. The molecule has 1 heterocycles. The Hall–Kier alpha value is -3.45. The Morgan fingerprint density at radius 3 is 2.50 bits per heavy atom. The van der Waals surface area contributed by atoms with Crippen molar-refractivity contribution in [3.05, 3.63) is 70.7 Å². The van der Waals surface area contributed by atoms with Crippen LogP contribution in [0.25, 0.3) is 16.6 Å². The normalized spacial score (nSPS) is 10.8. The van der Waals surface area contributed by atoms with Gasteiger partial charge in [0.25, 0.3) is 0 Å². The number of carbonyl (C=O) groups excluding carboxylic acids is 2. The third-order valence-corrected chi connectivity index (χ3v) is 5.22. The van der Waals surface area contributed by atoms with Gasteiger partial charge in [-0.1, -0.05) is 37.3 Å². The summed E-state index contributed by atoms with van der Waals surface area (Å²) in [6.45, 7) is 2.10. The van der Waals surface area contributed by atoms with E-state index in [1.165, 1.54) is 37.2 Å². The maximum atomic E-state index is 12.6. The zero-order valence-electron chi connectivity index (χ0n) is 16.9. The maximum Gasteiger partial charge on any atom is 0.363 e. The van der Waals surface area contributed by atoms with Gasteiger partial charge < -0.3 is 14.2 Å². The van der Waals surface area contributed by atoms with Gasteiger partial charge in [0.2, 0.25) is 0 Å². The number of methoxy groups -OCH3 is 2. The highest BCUT2D eigenvalue weighted by molar-refractivity contribution is 7.13. The van der Waals surface area contributed by atoms with Crippen LogP contribution in [0.1, 0.15) is 28.5 Å². The van der Waals surface area contributed by atoms with E-state index in [0.717, 1.165) is 17.0 Å². The Morgan fingerprint density at radius 2 is 1.83 bits per heavy atom. The zero-order valence-corrected chi connectivity index (χ0v) is 17.7. The molecule has 30 heavy (non-hydrogen) atoms. The molecule has 3 aromatic rings. The number of ether oxygens (including phenoxy) is 3. The highest BCUT2D eigenvalue weighted by Gasteiger charge is 2.16. The average molecular weight is 423 g/mol. The molecule has 0 radical (unpaired) electrons. The summed E-state index contributed by atoms with van der Waals surface area (Å²) in [6.07, 6.45) is 3.84. The fourth-order valence-electron chi connectivity index (χ4n) is 2.64. The van der Waals surface area contributed by atoms with Crippen molar-refractivity contribution in [2.75, 3.05) is 14.2 Å². The van der Waals surface area contributed by atoms with Crippen LogP contribution in [0.15, 0.2) is 53.9 Å². The third kappa shape index (κ3) is 5.12. The molecule has 0 saturated heterocycles. The molecular formula is C23H21NO5S. The predicted molar refractivity (Wildman–Crippen MR) is 116 cm³/mol. The molecule has 0 fully saturated rings. The number of benzene rings is 2. The molecule has 6 nitrogen and oxygen atoms in total. The fourth-order valence-corrected chi connectivity index (χ4v) is 3.44. The molecule has 3 rings (SSSR count). The molecule has 0 atom stereocenters. The number of aromatic nitrogens is 1. The van der Waals surface area contributed by atoms with Gasteiger partial charge in [-0.05, 0) is 35.8 Å². The van der Waals surface area contributed by atoms with Crippen LogP contribution >= 0.6 is 11.3 Å². The van der Waals surface area contributed by atoms with Crippen LogP contribution in [0.4, 0.5) is 0 Å². The second-order valence-corrected chi connectivity index (χ2v) is 7.10. The Bertz CT molecular complexity index is 1070. The summed E-state index contributed by atoms with van der Waals surface area (Å²) in [5.41, 5.74) is 3.12.